The molecule has 0 unspecified atom stereocenters. The Balaban J connectivity index is 1.66. The highest BCUT2D eigenvalue weighted by Crippen LogP contribution is 2.33. The molecule has 0 spiro atoms. The van der Waals surface area contributed by atoms with Gasteiger partial charge < -0.3 is 24.2 Å². The maximum Gasteiger partial charge on any atom is 0.254 e. The lowest BCUT2D eigenvalue weighted by atomic mass is 10.0. The van der Waals surface area contributed by atoms with Gasteiger partial charge in [-0.15, -0.1) is 0 Å². The van der Waals surface area contributed by atoms with Crippen LogP contribution in [0.5, 0.6) is 11.5 Å². The number of amides is 2. The molecule has 0 saturated carbocycles. The quantitative estimate of drug-likeness (QED) is 0.445. The van der Waals surface area contributed by atoms with Crippen molar-refractivity contribution < 1.29 is 23.6 Å². The molecule has 0 fully saturated rings. The van der Waals surface area contributed by atoms with E-state index in [1.54, 1.807) is 52.5 Å². The molecule has 9 heteroatoms. The van der Waals surface area contributed by atoms with Crippen LogP contribution in [0.25, 0.3) is 22.2 Å². The molecular formula is C25H24N4O5. The zero-order valence-electron chi connectivity index (χ0n) is 19.3. The van der Waals surface area contributed by atoms with E-state index in [2.05, 4.69) is 10.5 Å². The van der Waals surface area contributed by atoms with Crippen molar-refractivity contribution in [3.8, 4) is 22.8 Å². The molecule has 2 aromatic heterocycles. The number of methoxy groups -OCH3 is 2. The number of carbonyl (C=O) groups excluding carboxylic acids is 2. The molecule has 174 valence electrons. The van der Waals surface area contributed by atoms with Crippen molar-refractivity contribution >= 4 is 28.5 Å². The van der Waals surface area contributed by atoms with Crippen LogP contribution in [0.2, 0.25) is 0 Å². The largest absolute Gasteiger partial charge is 0.493 e. The van der Waals surface area contributed by atoms with Gasteiger partial charge in [0.2, 0.25) is 5.91 Å². The molecule has 0 bridgehead atoms. The van der Waals surface area contributed by atoms with Gasteiger partial charge in [0.1, 0.15) is 5.76 Å². The molecule has 0 aliphatic carbocycles. The fourth-order valence-corrected chi connectivity index (χ4v) is 3.60. The number of likely N-dealkylation sites (N-methyl/N-ethyl adjacent to an activating group) is 1. The third-order valence-corrected chi connectivity index (χ3v) is 5.25. The standard InChI is InChI=1S/C25H24N4O5/c1-15-11-23(28-34-15)27-24(30)14-29(2)25(31)18-13-20(26-19-8-6-5-7-17(18)19)16-9-10-21(32-3)22(12-16)33-4/h5-13H,14H2,1-4H3,(H,27,28,30). The zero-order valence-corrected chi connectivity index (χ0v) is 19.3. The van der Waals surface area contributed by atoms with Gasteiger partial charge in [-0.3, -0.25) is 9.59 Å². The first kappa shape index (κ1) is 22.8. The molecule has 2 aromatic carbocycles. The second kappa shape index (κ2) is 9.62. The highest BCUT2D eigenvalue weighted by molar-refractivity contribution is 6.08. The first-order chi connectivity index (χ1) is 16.4. The van der Waals surface area contributed by atoms with Crippen molar-refractivity contribution in [2.24, 2.45) is 0 Å². The summed E-state index contributed by atoms with van der Waals surface area (Å²) in [6.07, 6.45) is 0. The van der Waals surface area contributed by atoms with Crippen molar-refractivity contribution in [3.05, 3.63) is 65.9 Å². The molecule has 9 nitrogen and oxygen atoms in total. The third-order valence-electron chi connectivity index (χ3n) is 5.25. The Morgan fingerprint density at radius 2 is 1.79 bits per heavy atom. The lowest BCUT2D eigenvalue weighted by molar-refractivity contribution is -0.116. The Morgan fingerprint density at radius 1 is 1.03 bits per heavy atom. The zero-order chi connectivity index (χ0) is 24.2. The molecule has 1 N–H and O–H groups in total. The fraction of sp³-hybridized carbons (Fsp3) is 0.200. The van der Waals surface area contributed by atoms with E-state index >= 15 is 0 Å². The van der Waals surface area contributed by atoms with Gasteiger partial charge in [-0.25, -0.2) is 4.98 Å². The number of hydrogen-bond donors (Lipinski definition) is 1. The number of pyridine rings is 1. The summed E-state index contributed by atoms with van der Waals surface area (Å²) in [5.41, 5.74) is 2.45. The molecule has 2 heterocycles. The predicted octanol–water partition coefficient (Wildman–Crippen LogP) is 3.93. The van der Waals surface area contributed by atoms with Gasteiger partial charge in [-0.05, 0) is 37.3 Å². The molecule has 0 saturated heterocycles. The summed E-state index contributed by atoms with van der Waals surface area (Å²) in [5, 5.41) is 7.05. The summed E-state index contributed by atoms with van der Waals surface area (Å²) in [6, 6.07) is 16.2. The van der Waals surface area contributed by atoms with Gasteiger partial charge in [-0.2, -0.15) is 0 Å². The summed E-state index contributed by atoms with van der Waals surface area (Å²) in [6.45, 7) is 1.57. The number of benzene rings is 2. The molecule has 0 aliphatic heterocycles. The number of aryl methyl sites for hydroxylation is 1. The average molecular weight is 460 g/mol. The predicted molar refractivity (Wildman–Crippen MR) is 127 cm³/mol. The second-order valence-corrected chi connectivity index (χ2v) is 7.67. The van der Waals surface area contributed by atoms with E-state index in [1.165, 1.54) is 4.90 Å². The lowest BCUT2D eigenvalue weighted by Crippen LogP contribution is -2.35. The summed E-state index contributed by atoms with van der Waals surface area (Å²) in [4.78, 5) is 31.9. The van der Waals surface area contributed by atoms with E-state index in [0.29, 0.717) is 45.2 Å². The van der Waals surface area contributed by atoms with Crippen LogP contribution in [0, 0.1) is 6.92 Å². The minimum atomic E-state index is -0.386. The van der Waals surface area contributed by atoms with Crippen LogP contribution in [0.15, 0.2) is 59.1 Å². The second-order valence-electron chi connectivity index (χ2n) is 7.67. The molecule has 34 heavy (non-hydrogen) atoms. The number of aromatic nitrogens is 2. The van der Waals surface area contributed by atoms with Crippen LogP contribution in [-0.2, 0) is 4.79 Å². The van der Waals surface area contributed by atoms with Gasteiger partial charge in [0.15, 0.2) is 17.3 Å². The Labute approximate surface area is 196 Å². The Hall–Kier alpha value is -4.40. The van der Waals surface area contributed by atoms with Gasteiger partial charge in [0.05, 0.1) is 37.5 Å². The van der Waals surface area contributed by atoms with Crippen LogP contribution in [0.3, 0.4) is 0 Å². The Bertz CT molecular complexity index is 1360. The number of para-hydroxylation sites is 1. The number of rotatable bonds is 7. The van der Waals surface area contributed by atoms with E-state index in [-0.39, 0.29) is 18.4 Å². The number of nitrogens with one attached hydrogen (secondary N) is 1. The third kappa shape index (κ3) is 4.68. The summed E-state index contributed by atoms with van der Waals surface area (Å²) in [5.74, 6) is 1.32. The maximum atomic E-state index is 13.4. The minimum absolute atomic E-state index is 0.160. The topological polar surface area (TPSA) is 107 Å². The molecule has 4 rings (SSSR count). The van der Waals surface area contributed by atoms with Crippen molar-refractivity contribution in [2.75, 3.05) is 33.1 Å². The van der Waals surface area contributed by atoms with E-state index < -0.39 is 0 Å². The average Bonchev–Trinajstić information content (AvgIpc) is 3.26. The summed E-state index contributed by atoms with van der Waals surface area (Å²) < 4.78 is 15.7. The Kier molecular flexibility index (Phi) is 6.44. The van der Waals surface area contributed by atoms with Crippen LogP contribution in [0.4, 0.5) is 5.82 Å². The van der Waals surface area contributed by atoms with Crippen molar-refractivity contribution in [3.63, 3.8) is 0 Å². The molecule has 0 radical (unpaired) electrons. The Morgan fingerprint density at radius 3 is 2.50 bits per heavy atom. The fourth-order valence-electron chi connectivity index (χ4n) is 3.60. The molecule has 0 aliphatic rings. The van der Waals surface area contributed by atoms with Crippen LogP contribution in [0.1, 0.15) is 16.1 Å². The summed E-state index contributed by atoms with van der Waals surface area (Å²) >= 11 is 0. The smallest absolute Gasteiger partial charge is 0.254 e. The van der Waals surface area contributed by atoms with Crippen molar-refractivity contribution in [1.82, 2.24) is 15.0 Å². The van der Waals surface area contributed by atoms with Gasteiger partial charge in [0, 0.05) is 24.1 Å². The monoisotopic (exact) mass is 460 g/mol. The van der Waals surface area contributed by atoms with Gasteiger partial charge in [-0.1, -0.05) is 23.4 Å². The number of fused-ring (bicyclic) bond motifs is 1. The highest BCUT2D eigenvalue weighted by Gasteiger charge is 2.20. The number of nitrogens with zero attached hydrogens (tertiary/aromatic N) is 3. The highest BCUT2D eigenvalue weighted by atomic mass is 16.5. The number of anilines is 1. The first-order valence-corrected chi connectivity index (χ1v) is 10.5. The van der Waals surface area contributed by atoms with E-state index in [4.69, 9.17) is 19.0 Å². The SMILES string of the molecule is COc1ccc(-c2cc(C(=O)N(C)CC(=O)Nc3cc(C)on3)c3ccccc3n2)cc1OC. The normalized spacial score (nSPS) is 10.7. The van der Waals surface area contributed by atoms with Gasteiger partial charge in [0.25, 0.3) is 5.91 Å². The van der Waals surface area contributed by atoms with Crippen LogP contribution < -0.4 is 14.8 Å². The molecule has 4 aromatic rings. The molecule has 0 atom stereocenters. The summed E-state index contributed by atoms with van der Waals surface area (Å²) in [7, 11) is 4.70. The number of carbonyl (C=O) groups is 2. The van der Waals surface area contributed by atoms with E-state index in [1.807, 2.05) is 30.3 Å². The number of ether oxygens (including phenoxy) is 2. The molecular weight excluding hydrogens is 436 g/mol. The lowest BCUT2D eigenvalue weighted by Gasteiger charge is -2.18. The maximum absolute atomic E-state index is 13.4. The van der Waals surface area contributed by atoms with Crippen molar-refractivity contribution in [2.45, 2.75) is 6.92 Å². The van der Waals surface area contributed by atoms with Crippen LogP contribution >= 0.6 is 0 Å². The minimum Gasteiger partial charge on any atom is -0.493 e. The van der Waals surface area contributed by atoms with Gasteiger partial charge >= 0.3 is 0 Å². The van der Waals surface area contributed by atoms with E-state index in [0.717, 1.165) is 5.56 Å². The van der Waals surface area contributed by atoms with Crippen molar-refractivity contribution in [1.29, 1.82) is 0 Å². The van der Waals surface area contributed by atoms with Crippen LogP contribution in [-0.4, -0.2) is 54.7 Å². The van der Waals surface area contributed by atoms with E-state index in [9.17, 15) is 9.59 Å². The number of hydrogen-bond acceptors (Lipinski definition) is 7. The molecule has 2 amide bonds. The first-order valence-electron chi connectivity index (χ1n) is 10.5.